The number of anilines is 1. The summed E-state index contributed by atoms with van der Waals surface area (Å²) in [5.74, 6) is -1.56. The number of thioether (sulfide) groups is 1. The highest BCUT2D eigenvalue weighted by Gasteiger charge is 2.50. The average Bonchev–Trinajstić information content (AvgIpc) is 3.57. The van der Waals surface area contributed by atoms with Gasteiger partial charge in [0.05, 0.1) is 19.5 Å². The number of imidazole rings is 1. The third-order valence-electron chi connectivity index (χ3n) is 6.62. The Bertz CT molecular complexity index is 1760. The van der Waals surface area contributed by atoms with Gasteiger partial charge in [0.15, 0.2) is 22.8 Å². The summed E-state index contributed by atoms with van der Waals surface area (Å²) in [5.41, 5.74) is 4.24. The number of hydrogen-bond donors (Lipinski definition) is 9. The van der Waals surface area contributed by atoms with Crippen molar-refractivity contribution in [2.24, 2.45) is 5.41 Å². The maximum Gasteiger partial charge on any atom is 0.481 e. The van der Waals surface area contributed by atoms with Crippen LogP contribution in [-0.2, 0) is 50.7 Å². The Hall–Kier alpha value is -2.70. The second-order valence-electron chi connectivity index (χ2n) is 11.2. The first-order chi connectivity index (χ1) is 23.5. The van der Waals surface area contributed by atoms with Crippen molar-refractivity contribution in [1.82, 2.24) is 30.2 Å². The second kappa shape index (κ2) is 17.4. The lowest BCUT2D eigenvalue weighted by Crippen LogP contribution is -2.46. The molecule has 10 N–H and O–H groups in total. The van der Waals surface area contributed by atoms with Crippen LogP contribution in [0.2, 0.25) is 0 Å². The zero-order chi connectivity index (χ0) is 38.4. The van der Waals surface area contributed by atoms with E-state index < -0.39 is 84.6 Å². The van der Waals surface area contributed by atoms with E-state index in [0.29, 0.717) is 0 Å². The molecular formula is C23H36N7O17P3S. The minimum absolute atomic E-state index is 0.0288. The van der Waals surface area contributed by atoms with E-state index in [-0.39, 0.29) is 35.1 Å². The van der Waals surface area contributed by atoms with Crippen LogP contribution in [0, 0.1) is 5.41 Å². The van der Waals surface area contributed by atoms with Gasteiger partial charge in [-0.15, -0.1) is 0 Å². The largest absolute Gasteiger partial charge is 0.481 e. The molecule has 0 aliphatic carbocycles. The fourth-order valence-electron chi connectivity index (χ4n) is 4.18. The lowest BCUT2D eigenvalue weighted by Gasteiger charge is -2.30. The van der Waals surface area contributed by atoms with Crippen molar-refractivity contribution in [2.45, 2.75) is 57.8 Å². The first-order valence-corrected chi connectivity index (χ1v) is 19.7. The number of aliphatic hydroxyl groups is 2. The van der Waals surface area contributed by atoms with Crippen LogP contribution in [0.25, 0.3) is 11.2 Å². The summed E-state index contributed by atoms with van der Waals surface area (Å²) < 4.78 is 61.8. The van der Waals surface area contributed by atoms with Gasteiger partial charge in [-0.2, -0.15) is 4.31 Å². The molecule has 0 saturated carbocycles. The summed E-state index contributed by atoms with van der Waals surface area (Å²) >= 11 is 0.845. The molecule has 2 aromatic heterocycles. The lowest BCUT2D eigenvalue weighted by molar-refractivity contribution is -0.137. The Balaban J connectivity index is 1.56. The first-order valence-electron chi connectivity index (χ1n) is 14.3. The number of nitrogens with one attached hydrogen (secondary N) is 2. The molecule has 0 aromatic carbocycles. The van der Waals surface area contributed by atoms with E-state index in [1.165, 1.54) is 32.4 Å². The molecule has 0 spiro atoms. The number of aromatic nitrogens is 4. The highest BCUT2D eigenvalue weighted by atomic mass is 32.2. The highest BCUT2D eigenvalue weighted by Crippen LogP contribution is 2.61. The molecule has 1 saturated heterocycles. The van der Waals surface area contributed by atoms with E-state index in [9.17, 15) is 57.9 Å². The Morgan fingerprint density at radius 1 is 1.14 bits per heavy atom. The third-order valence-corrected chi connectivity index (χ3v) is 10.3. The van der Waals surface area contributed by atoms with Crippen LogP contribution >= 0.6 is 35.2 Å². The Kier molecular flexibility index (Phi) is 14.6. The molecule has 51 heavy (non-hydrogen) atoms. The minimum Gasteiger partial charge on any atom is -0.386 e. The standard InChI is InChI=1S/C23H36N7O17P3S/c1-12(31)51-7-6-25-14(32)4-5-26-21(35)18(34)23(2,3)9-44-50(41,42)47-49(39,40)43-8-13-17(46-48(36,37)38)16(33)22(45-13)30-11-29-15-19(24)27-10-28-20(15)30/h6-7,10-11,13,16-18,22,33-34H,4-5,8-9H2,1-3H3,(H,25,32)(H,26,35)(H,39,40)(H,41,42)(H2,24,27,28)(H2,36,37,38)/b7-6+/t13-,16-,17-,18+,22-/m1/s1. The molecule has 286 valence electrons. The van der Waals surface area contributed by atoms with Crippen LogP contribution in [0.3, 0.4) is 0 Å². The van der Waals surface area contributed by atoms with Crippen molar-refractivity contribution in [3.63, 3.8) is 0 Å². The van der Waals surface area contributed by atoms with Crippen LogP contribution in [0.4, 0.5) is 5.82 Å². The summed E-state index contributed by atoms with van der Waals surface area (Å²) in [6.07, 6.45) is -5.73. The van der Waals surface area contributed by atoms with Gasteiger partial charge in [0, 0.05) is 31.5 Å². The topological polar surface area (TPSA) is 364 Å². The van der Waals surface area contributed by atoms with E-state index in [4.69, 9.17) is 19.5 Å². The van der Waals surface area contributed by atoms with E-state index >= 15 is 0 Å². The summed E-state index contributed by atoms with van der Waals surface area (Å²) in [5, 5.41) is 27.1. The zero-order valence-electron chi connectivity index (χ0n) is 26.8. The van der Waals surface area contributed by atoms with Crippen LogP contribution < -0.4 is 16.4 Å². The molecule has 0 radical (unpaired) electrons. The predicted octanol–water partition coefficient (Wildman–Crippen LogP) is -0.844. The summed E-state index contributed by atoms with van der Waals surface area (Å²) in [6.45, 7) is 1.56. The van der Waals surface area contributed by atoms with Gasteiger partial charge in [-0.3, -0.25) is 32.5 Å². The van der Waals surface area contributed by atoms with Crippen molar-refractivity contribution < 1.29 is 80.5 Å². The van der Waals surface area contributed by atoms with Crippen molar-refractivity contribution in [1.29, 1.82) is 0 Å². The minimum atomic E-state index is -5.56. The van der Waals surface area contributed by atoms with Gasteiger partial charge in [-0.1, -0.05) is 25.6 Å². The normalized spacial score (nSPS) is 22.8. The molecule has 7 atom stereocenters. The van der Waals surface area contributed by atoms with Gasteiger partial charge in [0.2, 0.25) is 11.8 Å². The van der Waals surface area contributed by atoms with E-state index in [2.05, 4.69) is 34.4 Å². The van der Waals surface area contributed by atoms with Crippen LogP contribution in [0.1, 0.15) is 33.4 Å². The van der Waals surface area contributed by atoms with Crippen LogP contribution in [0.15, 0.2) is 24.3 Å². The average molecular weight is 808 g/mol. The SMILES string of the molecule is CC(=O)S/C=C/NC(=O)CCNC(=O)[C@H](O)C(C)(C)COP(=O)(O)OP(=O)(O)OC[C@H]1O[C@@H](n2cnc3c(N)ncnc32)[C@H](O)[C@@H]1OP(=O)(O)O. The van der Waals surface area contributed by atoms with Crippen molar-refractivity contribution in [2.75, 3.05) is 25.5 Å². The third kappa shape index (κ3) is 12.7. The van der Waals surface area contributed by atoms with Gasteiger partial charge in [0.1, 0.15) is 36.3 Å². The number of carbonyl (C=O) groups excluding carboxylic acids is 3. The van der Waals surface area contributed by atoms with Crippen molar-refractivity contribution >= 4 is 69.1 Å². The van der Waals surface area contributed by atoms with Crippen LogP contribution in [0.5, 0.6) is 0 Å². The second-order valence-corrected chi connectivity index (χ2v) is 16.5. The maximum absolute atomic E-state index is 12.6. The summed E-state index contributed by atoms with van der Waals surface area (Å²) in [6, 6.07) is 0. The summed E-state index contributed by atoms with van der Waals surface area (Å²) in [4.78, 5) is 85.8. The molecule has 28 heteroatoms. The maximum atomic E-state index is 12.6. The number of nitrogens with two attached hydrogens (primary N) is 1. The predicted molar refractivity (Wildman–Crippen MR) is 172 cm³/mol. The number of aliphatic hydroxyl groups excluding tert-OH is 2. The molecule has 2 amide bonds. The summed E-state index contributed by atoms with van der Waals surface area (Å²) in [7, 11) is -16.4. The Morgan fingerprint density at radius 3 is 2.45 bits per heavy atom. The Labute approximate surface area is 292 Å². The van der Waals surface area contributed by atoms with Gasteiger partial charge in [-0.05, 0) is 5.41 Å². The molecule has 2 aromatic rings. The van der Waals surface area contributed by atoms with Gasteiger partial charge >= 0.3 is 23.5 Å². The number of amides is 2. The van der Waals surface area contributed by atoms with Crippen molar-refractivity contribution in [3.8, 4) is 0 Å². The van der Waals surface area contributed by atoms with Crippen LogP contribution in [-0.4, -0.2) is 110 Å². The number of fused-ring (bicyclic) bond motifs is 1. The smallest absolute Gasteiger partial charge is 0.386 e. The van der Waals surface area contributed by atoms with E-state index in [1.54, 1.807) is 0 Å². The molecule has 1 aliphatic rings. The Morgan fingerprint density at radius 2 is 1.80 bits per heavy atom. The number of hydrogen-bond acceptors (Lipinski definition) is 18. The van der Waals surface area contributed by atoms with Gasteiger partial charge in [-0.25, -0.2) is 28.6 Å². The monoisotopic (exact) mass is 807 g/mol. The highest BCUT2D eigenvalue weighted by molar-refractivity contribution is 8.16. The molecule has 1 fully saturated rings. The number of phosphoric ester groups is 3. The first kappa shape index (κ1) is 42.7. The molecule has 24 nitrogen and oxygen atoms in total. The van der Waals surface area contributed by atoms with E-state index in [0.717, 1.165) is 29.0 Å². The fourth-order valence-corrected chi connectivity index (χ4v) is 7.34. The van der Waals surface area contributed by atoms with Crippen molar-refractivity contribution in [3.05, 3.63) is 24.3 Å². The number of ether oxygens (including phenoxy) is 1. The molecule has 2 unspecified atom stereocenters. The number of nitrogen functional groups attached to an aromatic ring is 1. The molecule has 3 heterocycles. The quantitative estimate of drug-likeness (QED) is 0.0829. The van der Waals surface area contributed by atoms with Gasteiger partial charge < -0.3 is 50.9 Å². The molecule has 0 bridgehead atoms. The van der Waals surface area contributed by atoms with E-state index in [1.807, 2.05) is 0 Å². The van der Waals surface area contributed by atoms with Gasteiger partial charge in [0.25, 0.3) is 0 Å². The number of phosphoric acid groups is 3. The molecular weight excluding hydrogens is 771 g/mol. The fraction of sp³-hybridized carbons (Fsp3) is 0.565. The molecule has 1 aliphatic heterocycles. The molecule has 3 rings (SSSR count). The lowest BCUT2D eigenvalue weighted by atomic mass is 9.87. The number of carbonyl (C=O) groups is 3. The number of nitrogens with zero attached hydrogens (tertiary/aromatic N) is 4. The number of rotatable bonds is 18. The zero-order valence-corrected chi connectivity index (χ0v) is 30.3.